The molecule has 0 unspecified atom stereocenters. The molecule has 2 rings (SSSR count). The molecule has 2 aromatic rings. The summed E-state index contributed by atoms with van der Waals surface area (Å²) in [5.74, 6) is -1.34. The predicted molar refractivity (Wildman–Crippen MR) is 91.0 cm³/mol. The number of amides is 1. The minimum Gasteiger partial charge on any atom is -0.465 e. The molecule has 0 heterocycles. The van der Waals surface area contributed by atoms with Crippen molar-refractivity contribution in [3.8, 4) is 0 Å². The van der Waals surface area contributed by atoms with E-state index in [1.165, 1.54) is 25.3 Å². The summed E-state index contributed by atoms with van der Waals surface area (Å²) in [6, 6.07) is 8.94. The fraction of sp³-hybridized carbons (Fsp3) is 0.176. The molecule has 7 heteroatoms. The van der Waals surface area contributed by atoms with E-state index < -0.39 is 11.8 Å². The van der Waals surface area contributed by atoms with Crippen molar-refractivity contribution in [2.24, 2.45) is 0 Å². The fourth-order valence-corrected chi connectivity index (χ4v) is 2.19. The van der Waals surface area contributed by atoms with Crippen LogP contribution in [0, 0.1) is 12.7 Å². The highest BCUT2D eigenvalue weighted by Gasteiger charge is 2.10. The first-order valence-electron chi connectivity index (χ1n) is 7.08. The van der Waals surface area contributed by atoms with E-state index in [1.807, 2.05) is 6.92 Å². The number of halogens is 2. The molecule has 0 spiro atoms. The summed E-state index contributed by atoms with van der Waals surface area (Å²) in [4.78, 5) is 23.5. The first-order valence-corrected chi connectivity index (χ1v) is 7.46. The lowest BCUT2D eigenvalue weighted by Crippen LogP contribution is -2.22. The van der Waals surface area contributed by atoms with Gasteiger partial charge < -0.3 is 15.4 Å². The van der Waals surface area contributed by atoms with Gasteiger partial charge >= 0.3 is 5.97 Å². The number of hydrogen-bond donors (Lipinski definition) is 2. The van der Waals surface area contributed by atoms with Crippen molar-refractivity contribution in [1.82, 2.24) is 0 Å². The zero-order valence-electron chi connectivity index (χ0n) is 13.2. The van der Waals surface area contributed by atoms with Gasteiger partial charge in [0.1, 0.15) is 5.82 Å². The summed E-state index contributed by atoms with van der Waals surface area (Å²) in [6.45, 7) is 1.82. The summed E-state index contributed by atoms with van der Waals surface area (Å²) >= 11 is 5.67. The van der Waals surface area contributed by atoms with Crippen molar-refractivity contribution in [3.05, 3.63) is 58.4 Å². The van der Waals surface area contributed by atoms with E-state index in [1.54, 1.807) is 18.2 Å². The molecular weight excluding hydrogens is 335 g/mol. The summed E-state index contributed by atoms with van der Waals surface area (Å²) in [5, 5.41) is 5.49. The number of carbonyl (C=O) groups excluding carboxylic acids is 2. The standard InChI is InChI=1S/C17H16ClFN2O3/c1-10-3-4-11(17(23)24-2)7-15(10)20-9-16(22)21-12-5-6-14(19)13(18)8-12/h3-8,20H,9H2,1-2H3,(H,21,22). The second-order valence-corrected chi connectivity index (χ2v) is 5.46. The smallest absolute Gasteiger partial charge is 0.337 e. The van der Waals surface area contributed by atoms with Gasteiger partial charge in [0.05, 0.1) is 24.2 Å². The van der Waals surface area contributed by atoms with Crippen LogP contribution >= 0.6 is 11.6 Å². The predicted octanol–water partition coefficient (Wildman–Crippen LogP) is 3.62. The zero-order chi connectivity index (χ0) is 17.7. The molecule has 0 saturated carbocycles. The van der Waals surface area contributed by atoms with Crippen LogP contribution in [0.5, 0.6) is 0 Å². The van der Waals surface area contributed by atoms with Crippen LogP contribution in [-0.4, -0.2) is 25.5 Å². The molecule has 24 heavy (non-hydrogen) atoms. The first kappa shape index (κ1) is 17.7. The second kappa shape index (κ2) is 7.79. The SMILES string of the molecule is COC(=O)c1ccc(C)c(NCC(=O)Nc2ccc(F)c(Cl)c2)c1. The Morgan fingerprint density at radius 1 is 1.21 bits per heavy atom. The number of methoxy groups -OCH3 is 1. The maximum Gasteiger partial charge on any atom is 0.337 e. The van der Waals surface area contributed by atoms with Crippen LogP contribution in [0.2, 0.25) is 5.02 Å². The van der Waals surface area contributed by atoms with Crippen LogP contribution in [0.1, 0.15) is 15.9 Å². The van der Waals surface area contributed by atoms with Crippen molar-refractivity contribution < 1.29 is 18.7 Å². The van der Waals surface area contributed by atoms with Gasteiger partial charge in [-0.1, -0.05) is 17.7 Å². The van der Waals surface area contributed by atoms with Crippen LogP contribution in [0.25, 0.3) is 0 Å². The topological polar surface area (TPSA) is 67.4 Å². The quantitative estimate of drug-likeness (QED) is 0.808. The van der Waals surface area contributed by atoms with Gasteiger partial charge in [-0.3, -0.25) is 4.79 Å². The molecule has 0 aromatic heterocycles. The molecule has 0 radical (unpaired) electrons. The molecule has 0 aliphatic rings. The minimum atomic E-state index is -0.553. The van der Waals surface area contributed by atoms with Gasteiger partial charge in [-0.15, -0.1) is 0 Å². The Labute approximate surface area is 143 Å². The normalized spacial score (nSPS) is 10.2. The van der Waals surface area contributed by atoms with Gasteiger partial charge in [0.25, 0.3) is 0 Å². The van der Waals surface area contributed by atoms with Crippen molar-refractivity contribution in [1.29, 1.82) is 0 Å². The summed E-state index contributed by atoms with van der Waals surface area (Å²) in [6.07, 6.45) is 0. The molecule has 2 aromatic carbocycles. The fourth-order valence-electron chi connectivity index (χ4n) is 2.01. The molecule has 1 amide bonds. The number of hydrogen-bond acceptors (Lipinski definition) is 4. The van der Waals surface area contributed by atoms with E-state index in [0.717, 1.165) is 5.56 Å². The number of aryl methyl sites for hydroxylation is 1. The van der Waals surface area contributed by atoms with Crippen molar-refractivity contribution >= 4 is 34.9 Å². The van der Waals surface area contributed by atoms with E-state index in [4.69, 9.17) is 11.6 Å². The van der Waals surface area contributed by atoms with Crippen LogP contribution in [0.15, 0.2) is 36.4 Å². The number of nitrogens with one attached hydrogen (secondary N) is 2. The van der Waals surface area contributed by atoms with E-state index in [2.05, 4.69) is 15.4 Å². The van der Waals surface area contributed by atoms with Gasteiger partial charge in [0, 0.05) is 11.4 Å². The maximum atomic E-state index is 13.1. The molecule has 0 fully saturated rings. The van der Waals surface area contributed by atoms with Gasteiger partial charge in [0.15, 0.2) is 0 Å². The minimum absolute atomic E-state index is 0.0273. The van der Waals surface area contributed by atoms with Crippen LogP contribution in [0.3, 0.4) is 0 Å². The highest BCUT2D eigenvalue weighted by molar-refractivity contribution is 6.31. The Morgan fingerprint density at radius 2 is 1.96 bits per heavy atom. The lowest BCUT2D eigenvalue weighted by atomic mass is 10.1. The summed E-state index contributed by atoms with van der Waals surface area (Å²) < 4.78 is 17.8. The second-order valence-electron chi connectivity index (χ2n) is 5.05. The van der Waals surface area contributed by atoms with Crippen molar-refractivity contribution in [2.75, 3.05) is 24.3 Å². The molecule has 0 aliphatic carbocycles. The van der Waals surface area contributed by atoms with E-state index in [0.29, 0.717) is 16.9 Å². The Kier molecular flexibility index (Phi) is 5.76. The van der Waals surface area contributed by atoms with Crippen LogP contribution in [0.4, 0.5) is 15.8 Å². The third-order valence-corrected chi connectivity index (χ3v) is 3.59. The molecule has 0 atom stereocenters. The van der Waals surface area contributed by atoms with Gasteiger partial charge in [-0.25, -0.2) is 9.18 Å². The molecule has 0 bridgehead atoms. The first-order chi connectivity index (χ1) is 11.4. The lowest BCUT2D eigenvalue weighted by molar-refractivity contribution is -0.114. The zero-order valence-corrected chi connectivity index (χ0v) is 13.9. The molecule has 0 aliphatic heterocycles. The summed E-state index contributed by atoms with van der Waals surface area (Å²) in [7, 11) is 1.30. The number of carbonyl (C=O) groups is 2. The molecule has 0 saturated heterocycles. The van der Waals surface area contributed by atoms with Crippen LogP contribution in [-0.2, 0) is 9.53 Å². The van der Waals surface area contributed by atoms with Gasteiger partial charge in [-0.05, 0) is 42.8 Å². The lowest BCUT2D eigenvalue weighted by Gasteiger charge is -2.11. The molecule has 2 N–H and O–H groups in total. The highest BCUT2D eigenvalue weighted by Crippen LogP contribution is 2.20. The maximum absolute atomic E-state index is 13.1. The number of rotatable bonds is 5. The highest BCUT2D eigenvalue weighted by atomic mass is 35.5. The molecule has 5 nitrogen and oxygen atoms in total. The Balaban J connectivity index is 2.00. The third kappa shape index (κ3) is 4.45. The average Bonchev–Trinajstić information content (AvgIpc) is 2.56. The van der Waals surface area contributed by atoms with E-state index >= 15 is 0 Å². The number of ether oxygens (including phenoxy) is 1. The molecule has 126 valence electrons. The number of benzene rings is 2. The van der Waals surface area contributed by atoms with E-state index in [9.17, 15) is 14.0 Å². The van der Waals surface area contributed by atoms with E-state index in [-0.39, 0.29) is 17.5 Å². The number of anilines is 2. The number of esters is 1. The third-order valence-electron chi connectivity index (χ3n) is 3.30. The van der Waals surface area contributed by atoms with Crippen molar-refractivity contribution in [3.63, 3.8) is 0 Å². The molecular formula is C17H16ClFN2O3. The largest absolute Gasteiger partial charge is 0.465 e. The Bertz CT molecular complexity index is 780. The summed E-state index contributed by atoms with van der Waals surface area (Å²) in [5.41, 5.74) is 2.30. The average molecular weight is 351 g/mol. The van der Waals surface area contributed by atoms with Gasteiger partial charge in [-0.2, -0.15) is 0 Å². The monoisotopic (exact) mass is 350 g/mol. The van der Waals surface area contributed by atoms with Crippen molar-refractivity contribution in [2.45, 2.75) is 6.92 Å². The Hall–Kier alpha value is -2.60. The Morgan fingerprint density at radius 3 is 2.62 bits per heavy atom. The van der Waals surface area contributed by atoms with Gasteiger partial charge in [0.2, 0.25) is 5.91 Å². The van der Waals surface area contributed by atoms with Crippen LogP contribution < -0.4 is 10.6 Å².